The van der Waals surface area contributed by atoms with Crippen molar-refractivity contribution in [3.63, 3.8) is 0 Å². The highest BCUT2D eigenvalue weighted by molar-refractivity contribution is 5.87. The van der Waals surface area contributed by atoms with Crippen molar-refractivity contribution >= 4 is 10.9 Å². The summed E-state index contributed by atoms with van der Waals surface area (Å²) >= 11 is 0. The maximum atomic E-state index is 13.5. The Morgan fingerprint density at radius 3 is 2.59 bits per heavy atom. The number of rotatable bonds is 0. The molecule has 4 heteroatoms. The number of nitrogens with zero attached hydrogens (tertiary/aromatic N) is 3. The minimum absolute atomic E-state index is 0.410. The van der Waals surface area contributed by atoms with Gasteiger partial charge in [-0.25, -0.2) is 4.98 Å². The lowest BCUT2D eigenvalue weighted by molar-refractivity contribution is 0.584. The van der Waals surface area contributed by atoms with Gasteiger partial charge in [-0.05, 0) is 25.3 Å². The standard InChI is InChI=1S/C11H10FN3.C2H6/c1-4-5-8-9-7(2)6-13-11(12)10(9)15(3)14-8;1-2/h6H,1-3H3;1-2H3. The molecule has 0 aromatic carbocycles. The van der Waals surface area contributed by atoms with Crippen molar-refractivity contribution in [2.75, 3.05) is 0 Å². The highest BCUT2D eigenvalue weighted by atomic mass is 19.1. The van der Waals surface area contributed by atoms with Gasteiger partial charge in [0.05, 0.1) is 0 Å². The van der Waals surface area contributed by atoms with Crippen LogP contribution in [0.5, 0.6) is 0 Å². The molecule has 2 heterocycles. The average Bonchev–Trinajstić information content (AvgIpc) is 2.66. The van der Waals surface area contributed by atoms with Gasteiger partial charge in [0.15, 0.2) is 0 Å². The molecule has 0 atom stereocenters. The zero-order chi connectivity index (χ0) is 13.0. The lowest BCUT2D eigenvalue weighted by Gasteiger charge is -1.97. The first-order valence-corrected chi connectivity index (χ1v) is 5.55. The van der Waals surface area contributed by atoms with Gasteiger partial charge in [-0.2, -0.15) is 9.49 Å². The number of pyridine rings is 1. The van der Waals surface area contributed by atoms with Crippen LogP contribution in [-0.4, -0.2) is 14.8 Å². The van der Waals surface area contributed by atoms with E-state index in [1.165, 1.54) is 10.9 Å². The lowest BCUT2D eigenvalue weighted by Crippen LogP contribution is -1.94. The maximum Gasteiger partial charge on any atom is 0.239 e. The Balaban J connectivity index is 0.000000686. The van der Waals surface area contributed by atoms with E-state index in [-0.39, 0.29) is 0 Å². The van der Waals surface area contributed by atoms with Crippen LogP contribution in [0.25, 0.3) is 10.9 Å². The van der Waals surface area contributed by atoms with Crippen molar-refractivity contribution in [3.05, 3.63) is 23.4 Å². The molecule has 2 aromatic rings. The molecule has 0 saturated heterocycles. The lowest BCUT2D eigenvalue weighted by atomic mass is 10.1. The summed E-state index contributed by atoms with van der Waals surface area (Å²) in [5.41, 5.74) is 1.90. The minimum Gasteiger partial charge on any atom is -0.262 e. The van der Waals surface area contributed by atoms with E-state index in [1.807, 2.05) is 20.8 Å². The molecule has 0 saturated carbocycles. The summed E-state index contributed by atoms with van der Waals surface area (Å²) in [6.07, 6.45) is 1.50. The number of aryl methyl sites for hydroxylation is 2. The molecule has 0 aliphatic carbocycles. The predicted octanol–water partition coefficient (Wildman–Crippen LogP) is 2.81. The van der Waals surface area contributed by atoms with Gasteiger partial charge in [0, 0.05) is 18.6 Å². The van der Waals surface area contributed by atoms with Crippen LogP contribution in [0.1, 0.15) is 32.0 Å². The summed E-state index contributed by atoms with van der Waals surface area (Å²) in [7, 11) is 1.69. The third-order valence-corrected chi connectivity index (χ3v) is 2.25. The molecule has 2 aromatic heterocycles. The summed E-state index contributed by atoms with van der Waals surface area (Å²) in [5, 5.41) is 4.91. The molecule has 3 nitrogen and oxygen atoms in total. The summed E-state index contributed by atoms with van der Waals surface area (Å²) in [4.78, 5) is 3.67. The highest BCUT2D eigenvalue weighted by Crippen LogP contribution is 2.22. The van der Waals surface area contributed by atoms with E-state index in [0.29, 0.717) is 11.2 Å². The van der Waals surface area contributed by atoms with Crippen LogP contribution < -0.4 is 0 Å². The summed E-state index contributed by atoms with van der Waals surface area (Å²) in [5.74, 6) is 5.13. The van der Waals surface area contributed by atoms with Crippen molar-refractivity contribution < 1.29 is 4.39 Å². The molecular weight excluding hydrogens is 217 g/mol. The Morgan fingerprint density at radius 2 is 2.00 bits per heavy atom. The number of fused-ring (bicyclic) bond motifs is 1. The minimum atomic E-state index is -0.505. The Bertz CT molecular complexity index is 588. The number of halogens is 1. The van der Waals surface area contributed by atoms with E-state index in [1.54, 1.807) is 14.0 Å². The van der Waals surface area contributed by atoms with Gasteiger partial charge in [-0.3, -0.25) is 4.68 Å². The molecule has 0 unspecified atom stereocenters. The van der Waals surface area contributed by atoms with Crippen LogP contribution in [0.2, 0.25) is 0 Å². The van der Waals surface area contributed by atoms with E-state index in [0.717, 1.165) is 10.9 Å². The molecule has 90 valence electrons. The second-order valence-electron chi connectivity index (χ2n) is 3.30. The third-order valence-electron chi connectivity index (χ3n) is 2.25. The monoisotopic (exact) mass is 233 g/mol. The van der Waals surface area contributed by atoms with E-state index in [4.69, 9.17) is 0 Å². The Hall–Kier alpha value is -1.89. The van der Waals surface area contributed by atoms with E-state index in [2.05, 4.69) is 21.9 Å². The maximum absolute atomic E-state index is 13.5. The molecule has 2 rings (SSSR count). The van der Waals surface area contributed by atoms with Gasteiger partial charge in [-0.1, -0.05) is 19.8 Å². The molecule has 0 radical (unpaired) electrons. The van der Waals surface area contributed by atoms with Crippen LogP contribution in [0.4, 0.5) is 4.39 Å². The number of hydrogen-bond acceptors (Lipinski definition) is 2. The molecule has 0 fully saturated rings. The Labute approximate surface area is 101 Å². The summed E-state index contributed by atoms with van der Waals surface area (Å²) in [6.45, 7) is 7.60. The van der Waals surface area contributed by atoms with Crippen LogP contribution >= 0.6 is 0 Å². The quantitative estimate of drug-likeness (QED) is 0.517. The topological polar surface area (TPSA) is 30.7 Å². The molecule has 0 N–H and O–H groups in total. The Morgan fingerprint density at radius 1 is 1.35 bits per heavy atom. The van der Waals surface area contributed by atoms with E-state index in [9.17, 15) is 4.39 Å². The fraction of sp³-hybridized carbons (Fsp3) is 0.385. The van der Waals surface area contributed by atoms with Crippen molar-refractivity contribution in [1.82, 2.24) is 14.8 Å². The Kier molecular flexibility index (Phi) is 4.22. The van der Waals surface area contributed by atoms with Gasteiger partial charge >= 0.3 is 0 Å². The molecule has 0 aliphatic heterocycles. The average molecular weight is 233 g/mol. The van der Waals surface area contributed by atoms with E-state index < -0.39 is 5.95 Å². The molecular formula is C13H16FN3. The fourth-order valence-corrected chi connectivity index (χ4v) is 1.62. The van der Waals surface area contributed by atoms with Crippen LogP contribution in [0.15, 0.2) is 6.20 Å². The van der Waals surface area contributed by atoms with Crippen LogP contribution in [0.3, 0.4) is 0 Å². The zero-order valence-corrected chi connectivity index (χ0v) is 10.8. The predicted molar refractivity (Wildman–Crippen MR) is 67.1 cm³/mol. The third kappa shape index (κ3) is 2.28. The first kappa shape index (κ1) is 13.2. The van der Waals surface area contributed by atoms with Crippen molar-refractivity contribution in [1.29, 1.82) is 0 Å². The molecule has 17 heavy (non-hydrogen) atoms. The molecule has 0 spiro atoms. The van der Waals surface area contributed by atoms with Gasteiger partial charge in [-0.15, -0.1) is 0 Å². The smallest absolute Gasteiger partial charge is 0.239 e. The van der Waals surface area contributed by atoms with E-state index >= 15 is 0 Å². The normalized spacial score (nSPS) is 9.29. The van der Waals surface area contributed by atoms with Crippen LogP contribution in [-0.2, 0) is 7.05 Å². The van der Waals surface area contributed by atoms with Gasteiger partial charge in [0.2, 0.25) is 5.95 Å². The highest BCUT2D eigenvalue weighted by Gasteiger charge is 2.14. The number of hydrogen-bond donors (Lipinski definition) is 0. The molecule has 0 amide bonds. The second-order valence-corrected chi connectivity index (χ2v) is 3.30. The van der Waals surface area contributed by atoms with Crippen molar-refractivity contribution in [2.45, 2.75) is 27.7 Å². The van der Waals surface area contributed by atoms with Gasteiger partial charge in [0.25, 0.3) is 0 Å². The second kappa shape index (κ2) is 5.44. The summed E-state index contributed by atoms with van der Waals surface area (Å²) in [6, 6.07) is 0. The fourth-order valence-electron chi connectivity index (χ4n) is 1.62. The van der Waals surface area contributed by atoms with Gasteiger partial charge < -0.3 is 0 Å². The molecule has 0 bridgehead atoms. The first-order valence-electron chi connectivity index (χ1n) is 5.55. The van der Waals surface area contributed by atoms with Gasteiger partial charge in [0.1, 0.15) is 11.2 Å². The zero-order valence-electron chi connectivity index (χ0n) is 10.8. The first-order chi connectivity index (χ1) is 8.15. The number of aromatic nitrogens is 3. The van der Waals surface area contributed by atoms with Crippen molar-refractivity contribution in [2.24, 2.45) is 7.05 Å². The molecule has 0 aliphatic rings. The SMILES string of the molecule is CC.CC#Cc1nn(C)c2c(F)ncc(C)c12. The largest absolute Gasteiger partial charge is 0.262 e. The van der Waals surface area contributed by atoms with Crippen molar-refractivity contribution in [3.8, 4) is 11.8 Å². The van der Waals surface area contributed by atoms with Crippen LogP contribution in [0, 0.1) is 24.7 Å². The summed E-state index contributed by atoms with van der Waals surface area (Å²) < 4.78 is 14.9.